The largest absolute Gasteiger partial charge is 0.573 e. The number of hydrogen-bond acceptors (Lipinski definition) is 5. The maximum Gasteiger partial charge on any atom is 0.573 e. The number of ether oxygens (including phenoxy) is 1. The van der Waals surface area contributed by atoms with Crippen LogP contribution in [0.25, 0.3) is 5.69 Å². The van der Waals surface area contributed by atoms with Gasteiger partial charge in [-0.3, -0.25) is 10.1 Å². The normalized spacial score (nSPS) is 14.1. The molecule has 1 aliphatic rings. The number of nitrogens with two attached hydrogens (primary N) is 1. The van der Waals surface area contributed by atoms with Crippen molar-refractivity contribution in [2.75, 3.05) is 29.5 Å². The third kappa shape index (κ3) is 8.43. The molecule has 5 rings (SSSR count). The summed E-state index contributed by atoms with van der Waals surface area (Å²) >= 11 is 0. The lowest BCUT2D eigenvalue weighted by atomic mass is 9.89. The SMILES string of the molecule is Cc1ccc(-n2nc(C(C)(C)C)cc2NC(=O)Nc2ccccc2CC2CCN(C(=O)c3ccc(N)c(OC(F)(F)F)c3)CC2)cc1. The van der Waals surface area contributed by atoms with E-state index in [0.29, 0.717) is 43.9 Å². The Hall–Kier alpha value is -5.00. The molecule has 12 heteroatoms. The average molecular weight is 649 g/mol. The van der Waals surface area contributed by atoms with Crippen LogP contribution in [0.2, 0.25) is 0 Å². The van der Waals surface area contributed by atoms with Crippen LogP contribution in [0.15, 0.2) is 72.8 Å². The summed E-state index contributed by atoms with van der Waals surface area (Å²) in [6, 6.07) is 20.7. The van der Waals surface area contributed by atoms with Gasteiger partial charge in [-0.1, -0.05) is 56.7 Å². The van der Waals surface area contributed by atoms with E-state index in [2.05, 4.69) is 36.1 Å². The number of aromatic nitrogens is 2. The van der Waals surface area contributed by atoms with Gasteiger partial charge in [0.25, 0.3) is 5.91 Å². The number of carbonyl (C=O) groups excluding carboxylic acids is 2. The number of carbonyl (C=O) groups is 2. The fraction of sp³-hybridized carbons (Fsp3) is 0.343. The zero-order chi connectivity index (χ0) is 33.9. The first-order valence-corrected chi connectivity index (χ1v) is 15.4. The Labute approximate surface area is 271 Å². The van der Waals surface area contributed by atoms with Gasteiger partial charge >= 0.3 is 12.4 Å². The molecule has 4 aromatic rings. The molecule has 0 bridgehead atoms. The van der Waals surface area contributed by atoms with Crippen LogP contribution in [0.5, 0.6) is 5.75 Å². The predicted octanol–water partition coefficient (Wildman–Crippen LogP) is 7.70. The van der Waals surface area contributed by atoms with Crippen LogP contribution in [-0.4, -0.2) is 46.1 Å². The van der Waals surface area contributed by atoms with Crippen LogP contribution in [0.1, 0.15) is 60.8 Å². The molecule has 1 fully saturated rings. The number of nitrogen functional groups attached to an aromatic ring is 1. The van der Waals surface area contributed by atoms with Gasteiger partial charge in [0.05, 0.1) is 17.1 Å². The van der Waals surface area contributed by atoms with Crippen molar-refractivity contribution in [1.82, 2.24) is 14.7 Å². The molecule has 1 aliphatic heterocycles. The molecule has 1 saturated heterocycles. The van der Waals surface area contributed by atoms with E-state index < -0.39 is 18.1 Å². The summed E-state index contributed by atoms with van der Waals surface area (Å²) in [6.07, 6.45) is -2.85. The summed E-state index contributed by atoms with van der Waals surface area (Å²) in [7, 11) is 0. The molecule has 47 heavy (non-hydrogen) atoms. The van der Waals surface area contributed by atoms with Crippen LogP contribution in [0, 0.1) is 12.8 Å². The molecule has 3 amide bonds. The minimum atomic E-state index is -4.92. The number of benzene rings is 3. The van der Waals surface area contributed by atoms with E-state index in [-0.39, 0.29) is 28.5 Å². The van der Waals surface area contributed by atoms with Crippen LogP contribution in [0.3, 0.4) is 0 Å². The highest BCUT2D eigenvalue weighted by Gasteiger charge is 2.33. The summed E-state index contributed by atoms with van der Waals surface area (Å²) in [5, 5.41) is 10.8. The van der Waals surface area contributed by atoms with Crippen LogP contribution in [-0.2, 0) is 11.8 Å². The number of nitrogens with zero attached hydrogens (tertiary/aromatic N) is 3. The first kappa shape index (κ1) is 33.4. The summed E-state index contributed by atoms with van der Waals surface area (Å²) in [6.45, 7) is 9.10. The van der Waals surface area contributed by atoms with E-state index in [1.807, 2.05) is 61.5 Å². The van der Waals surface area contributed by atoms with Gasteiger partial charge in [0.1, 0.15) is 5.82 Å². The van der Waals surface area contributed by atoms with E-state index in [1.165, 1.54) is 12.1 Å². The molecule has 0 unspecified atom stereocenters. The van der Waals surface area contributed by atoms with Crippen molar-refractivity contribution in [3.63, 3.8) is 0 Å². The van der Waals surface area contributed by atoms with Gasteiger partial charge in [0, 0.05) is 35.8 Å². The highest BCUT2D eigenvalue weighted by Crippen LogP contribution is 2.32. The van der Waals surface area contributed by atoms with Crippen molar-refractivity contribution < 1.29 is 27.5 Å². The number of halogens is 3. The molecule has 248 valence electrons. The van der Waals surface area contributed by atoms with Crippen LogP contribution >= 0.6 is 0 Å². The van der Waals surface area contributed by atoms with Gasteiger partial charge < -0.3 is 20.7 Å². The van der Waals surface area contributed by atoms with E-state index in [0.717, 1.165) is 28.6 Å². The van der Waals surface area contributed by atoms with Crippen molar-refractivity contribution in [3.8, 4) is 11.4 Å². The Morgan fingerprint density at radius 3 is 2.30 bits per heavy atom. The first-order chi connectivity index (χ1) is 22.2. The van der Waals surface area contributed by atoms with Gasteiger partial charge in [-0.25, -0.2) is 9.48 Å². The number of urea groups is 1. The molecule has 0 radical (unpaired) electrons. The number of piperidine rings is 1. The standard InChI is InChI=1S/C35H39F3N6O3/c1-22-9-12-26(13-10-22)44-31(21-30(42-44)34(2,3)4)41-33(46)40-28-8-6-5-7-24(28)19-23-15-17-43(18-16-23)32(45)25-11-14-27(39)29(20-25)47-35(36,37)38/h5-14,20-21,23H,15-19,39H2,1-4H3,(H2,40,41,46). The second-order valence-electron chi connectivity index (χ2n) is 12.9. The molecule has 4 N–H and O–H groups in total. The second-order valence-corrected chi connectivity index (χ2v) is 12.9. The molecule has 3 aromatic carbocycles. The highest BCUT2D eigenvalue weighted by molar-refractivity contribution is 6.00. The number of hydrogen-bond donors (Lipinski definition) is 3. The Bertz CT molecular complexity index is 1740. The average Bonchev–Trinajstić information content (AvgIpc) is 3.43. The zero-order valence-corrected chi connectivity index (χ0v) is 26.8. The Kier molecular flexibility index (Phi) is 9.50. The Balaban J connectivity index is 1.22. The molecule has 2 heterocycles. The van der Waals surface area contributed by atoms with E-state index in [9.17, 15) is 22.8 Å². The lowest BCUT2D eigenvalue weighted by Crippen LogP contribution is -2.39. The van der Waals surface area contributed by atoms with Crippen molar-refractivity contribution in [2.45, 2.75) is 58.7 Å². The number of alkyl halides is 3. The lowest BCUT2D eigenvalue weighted by Gasteiger charge is -2.32. The quantitative estimate of drug-likeness (QED) is 0.178. The topological polar surface area (TPSA) is 115 Å². The summed E-state index contributed by atoms with van der Waals surface area (Å²) in [4.78, 5) is 28.0. The zero-order valence-electron chi connectivity index (χ0n) is 26.8. The number of anilines is 3. The van der Waals surface area contributed by atoms with Gasteiger partial charge in [-0.05, 0) is 74.1 Å². The summed E-state index contributed by atoms with van der Waals surface area (Å²) in [5.74, 6) is -0.198. The van der Waals surface area contributed by atoms with E-state index >= 15 is 0 Å². The smallest absolute Gasteiger partial charge is 0.404 e. The molecule has 1 aromatic heterocycles. The Morgan fingerprint density at radius 1 is 0.957 bits per heavy atom. The molecule has 9 nitrogen and oxygen atoms in total. The predicted molar refractivity (Wildman–Crippen MR) is 176 cm³/mol. The second kappa shape index (κ2) is 13.4. The number of likely N-dealkylation sites (tertiary alicyclic amines) is 1. The highest BCUT2D eigenvalue weighted by atomic mass is 19.4. The van der Waals surface area contributed by atoms with Crippen molar-refractivity contribution in [3.05, 3.63) is 95.2 Å². The van der Waals surface area contributed by atoms with Gasteiger partial charge in [-0.2, -0.15) is 5.10 Å². The number of aryl methyl sites for hydroxylation is 1. The Morgan fingerprint density at radius 2 is 1.64 bits per heavy atom. The number of rotatable bonds is 7. The summed E-state index contributed by atoms with van der Waals surface area (Å²) < 4.78 is 44.0. The molecular formula is C35H39F3N6O3. The number of nitrogens with one attached hydrogen (secondary N) is 2. The third-order valence-electron chi connectivity index (χ3n) is 8.16. The molecular weight excluding hydrogens is 609 g/mol. The van der Waals surface area contributed by atoms with Crippen molar-refractivity contribution in [1.29, 1.82) is 0 Å². The van der Waals surface area contributed by atoms with Crippen molar-refractivity contribution >= 4 is 29.1 Å². The first-order valence-electron chi connectivity index (χ1n) is 15.4. The molecule has 0 spiro atoms. The molecule has 0 aliphatic carbocycles. The maximum absolute atomic E-state index is 13.3. The number of amides is 3. The van der Waals surface area contributed by atoms with Gasteiger partial charge in [-0.15, -0.1) is 13.2 Å². The van der Waals surface area contributed by atoms with Crippen LogP contribution in [0.4, 0.5) is 35.2 Å². The van der Waals surface area contributed by atoms with Crippen molar-refractivity contribution in [2.24, 2.45) is 5.92 Å². The fourth-order valence-electron chi connectivity index (χ4n) is 5.52. The molecule has 0 atom stereocenters. The molecule has 0 saturated carbocycles. The maximum atomic E-state index is 13.3. The van der Waals surface area contributed by atoms with E-state index in [4.69, 9.17) is 10.8 Å². The minimum Gasteiger partial charge on any atom is -0.404 e. The summed E-state index contributed by atoms with van der Waals surface area (Å²) in [5.41, 5.74) is 9.69. The fourth-order valence-corrected chi connectivity index (χ4v) is 5.52. The monoisotopic (exact) mass is 648 g/mol. The lowest BCUT2D eigenvalue weighted by molar-refractivity contribution is -0.274. The van der Waals surface area contributed by atoms with E-state index in [1.54, 1.807) is 9.58 Å². The third-order valence-corrected chi connectivity index (χ3v) is 8.16. The van der Waals surface area contributed by atoms with Gasteiger partial charge in [0.15, 0.2) is 5.75 Å². The van der Waals surface area contributed by atoms with Crippen LogP contribution < -0.4 is 21.1 Å². The minimum absolute atomic E-state index is 0.0794. The van der Waals surface area contributed by atoms with Gasteiger partial charge in [0.2, 0.25) is 0 Å². The number of para-hydroxylation sites is 1.